The van der Waals surface area contributed by atoms with Gasteiger partial charge in [0.2, 0.25) is 11.8 Å². The number of nitrogens with one attached hydrogen (secondary N) is 3. The Kier molecular flexibility index (Phi) is 10.00. The third-order valence-electron chi connectivity index (χ3n) is 7.70. The number of nitro groups is 1. The molecule has 0 saturated heterocycles. The number of carboxylic acid groups (broad SMARTS) is 1. The quantitative estimate of drug-likeness (QED) is 0.0789. The lowest BCUT2D eigenvalue weighted by Crippen LogP contribution is -2.52. The highest BCUT2D eigenvalue weighted by Crippen LogP contribution is 2.37. The van der Waals surface area contributed by atoms with Crippen molar-refractivity contribution in [2.24, 2.45) is 0 Å². The Labute approximate surface area is 275 Å². The molecule has 0 aliphatic rings. The van der Waals surface area contributed by atoms with Crippen LogP contribution in [0, 0.1) is 10.1 Å². The highest BCUT2D eigenvalue weighted by molar-refractivity contribution is 6.03. The van der Waals surface area contributed by atoms with Crippen LogP contribution in [0.3, 0.4) is 0 Å². The number of hydrogen-bond acceptors (Lipinski definition) is 6. The number of non-ortho nitro benzene ring substituents is 1. The second-order valence-electron chi connectivity index (χ2n) is 10.8. The highest BCUT2D eigenvalue weighted by Gasteiger charge is 2.39. The maximum Gasteiger partial charge on any atom is 0.335 e. The summed E-state index contributed by atoms with van der Waals surface area (Å²) < 4.78 is 0. The van der Waals surface area contributed by atoms with E-state index in [1.165, 1.54) is 36.4 Å². The molecule has 0 heterocycles. The van der Waals surface area contributed by atoms with E-state index in [9.17, 15) is 34.4 Å². The van der Waals surface area contributed by atoms with Crippen LogP contribution in [0.25, 0.3) is 0 Å². The summed E-state index contributed by atoms with van der Waals surface area (Å²) in [6.07, 6.45) is -0.494. The van der Waals surface area contributed by atoms with Crippen LogP contribution in [-0.4, -0.2) is 39.8 Å². The molecule has 1 unspecified atom stereocenters. The third-order valence-corrected chi connectivity index (χ3v) is 7.70. The molecule has 4 N–H and O–H groups in total. The Bertz CT molecular complexity index is 1820. The first kappa shape index (κ1) is 32.8. The van der Waals surface area contributed by atoms with E-state index in [0.717, 1.165) is 28.8 Å². The van der Waals surface area contributed by atoms with Crippen molar-refractivity contribution >= 4 is 35.1 Å². The molecule has 0 aromatic heterocycles. The first-order valence-electron chi connectivity index (χ1n) is 14.8. The molecule has 0 bridgehead atoms. The van der Waals surface area contributed by atoms with E-state index >= 15 is 0 Å². The minimum atomic E-state index is -1.41. The Morgan fingerprint density at radius 2 is 1.12 bits per heavy atom. The van der Waals surface area contributed by atoms with Crippen LogP contribution in [0.5, 0.6) is 0 Å². The molecule has 1 atom stereocenters. The molecule has 5 aromatic carbocycles. The van der Waals surface area contributed by atoms with Crippen molar-refractivity contribution in [1.82, 2.24) is 10.6 Å². The smallest absolute Gasteiger partial charge is 0.335 e. The number of nitro benzene ring substituents is 1. The van der Waals surface area contributed by atoms with E-state index in [0.29, 0.717) is 0 Å². The molecule has 0 aliphatic heterocycles. The van der Waals surface area contributed by atoms with E-state index in [1.807, 2.05) is 91.0 Å². The number of aromatic carboxylic acids is 1. The lowest BCUT2D eigenvalue weighted by atomic mass is 9.77. The number of amides is 3. The average molecular weight is 643 g/mol. The van der Waals surface area contributed by atoms with Crippen molar-refractivity contribution in [2.75, 3.05) is 5.32 Å². The van der Waals surface area contributed by atoms with Gasteiger partial charge in [-0.3, -0.25) is 24.5 Å². The minimum absolute atomic E-state index is 0.00877. The fourth-order valence-electron chi connectivity index (χ4n) is 5.34. The number of carbonyl (C=O) groups is 4. The molecule has 0 aliphatic carbocycles. The van der Waals surface area contributed by atoms with Crippen LogP contribution < -0.4 is 16.0 Å². The summed E-state index contributed by atoms with van der Waals surface area (Å²) in [6.45, 7) is 0. The van der Waals surface area contributed by atoms with Gasteiger partial charge in [0.25, 0.3) is 11.6 Å². The summed E-state index contributed by atoms with van der Waals surface area (Å²) in [5.41, 5.74) is 1.15. The van der Waals surface area contributed by atoms with Crippen molar-refractivity contribution in [3.8, 4) is 0 Å². The second-order valence-corrected chi connectivity index (χ2v) is 10.8. The van der Waals surface area contributed by atoms with Crippen LogP contribution in [0.2, 0.25) is 0 Å². The largest absolute Gasteiger partial charge is 0.478 e. The Morgan fingerprint density at radius 3 is 1.56 bits per heavy atom. The Hall–Kier alpha value is -6.62. The van der Waals surface area contributed by atoms with E-state index in [1.54, 1.807) is 0 Å². The summed E-state index contributed by atoms with van der Waals surface area (Å²) >= 11 is 0. The van der Waals surface area contributed by atoms with Crippen molar-refractivity contribution < 1.29 is 29.2 Å². The minimum Gasteiger partial charge on any atom is -0.478 e. The van der Waals surface area contributed by atoms with Crippen LogP contribution in [-0.2, 0) is 15.1 Å². The van der Waals surface area contributed by atoms with E-state index in [2.05, 4.69) is 16.0 Å². The van der Waals surface area contributed by atoms with Gasteiger partial charge in [-0.05, 0) is 53.1 Å². The molecule has 11 heteroatoms. The zero-order valence-electron chi connectivity index (χ0n) is 25.4. The summed E-state index contributed by atoms with van der Waals surface area (Å²) in [5.74, 6) is -3.19. The number of carboxylic acids is 1. The molecule has 11 nitrogen and oxygen atoms in total. The predicted molar refractivity (Wildman–Crippen MR) is 178 cm³/mol. The fourth-order valence-corrected chi connectivity index (χ4v) is 5.34. The number of carbonyl (C=O) groups excluding carboxylic acids is 3. The van der Waals surface area contributed by atoms with Crippen LogP contribution in [0.4, 0.5) is 11.4 Å². The topological polar surface area (TPSA) is 168 Å². The second kappa shape index (κ2) is 14.6. The molecular formula is C37H30N4O7. The predicted octanol–water partition coefficient (Wildman–Crippen LogP) is 5.53. The van der Waals surface area contributed by atoms with Gasteiger partial charge in [0.15, 0.2) is 0 Å². The van der Waals surface area contributed by atoms with Crippen LogP contribution in [0.15, 0.2) is 140 Å². The van der Waals surface area contributed by atoms with Gasteiger partial charge in [0, 0.05) is 23.4 Å². The van der Waals surface area contributed by atoms with Crippen molar-refractivity contribution in [2.45, 2.75) is 18.0 Å². The number of rotatable bonds is 12. The summed E-state index contributed by atoms with van der Waals surface area (Å²) in [4.78, 5) is 62.8. The maximum absolute atomic E-state index is 14.1. The van der Waals surface area contributed by atoms with Gasteiger partial charge >= 0.3 is 5.97 Å². The molecule has 0 saturated carbocycles. The molecule has 3 amide bonds. The van der Waals surface area contributed by atoms with Crippen molar-refractivity contribution in [3.63, 3.8) is 0 Å². The third kappa shape index (κ3) is 7.43. The van der Waals surface area contributed by atoms with Gasteiger partial charge in [0.05, 0.1) is 16.9 Å². The van der Waals surface area contributed by atoms with Gasteiger partial charge in [-0.2, -0.15) is 0 Å². The lowest BCUT2D eigenvalue weighted by Gasteiger charge is -2.37. The van der Waals surface area contributed by atoms with E-state index < -0.39 is 46.6 Å². The zero-order valence-corrected chi connectivity index (χ0v) is 25.4. The molecule has 48 heavy (non-hydrogen) atoms. The van der Waals surface area contributed by atoms with Gasteiger partial charge in [-0.15, -0.1) is 0 Å². The van der Waals surface area contributed by atoms with E-state index in [4.69, 9.17) is 0 Å². The van der Waals surface area contributed by atoms with Gasteiger partial charge in [-0.1, -0.05) is 91.0 Å². The molecular weight excluding hydrogens is 612 g/mol. The Balaban J connectivity index is 1.49. The van der Waals surface area contributed by atoms with Gasteiger partial charge in [-0.25, -0.2) is 4.79 Å². The summed E-state index contributed by atoms with van der Waals surface area (Å²) in [6, 6.07) is 36.9. The Morgan fingerprint density at radius 1 is 0.667 bits per heavy atom. The SMILES string of the molecule is O=C(CC(NC(=O)c1ccc([N+](=O)[O-])cc1)C(=O)Nc1ccc(C(=O)O)cc1)NC(c1ccccc1)(c1ccccc1)c1ccccc1. The average Bonchev–Trinajstić information content (AvgIpc) is 3.11. The van der Waals surface area contributed by atoms with E-state index in [-0.39, 0.29) is 22.5 Å². The normalized spacial score (nSPS) is 11.5. The molecule has 5 rings (SSSR count). The van der Waals surface area contributed by atoms with Crippen molar-refractivity contribution in [1.29, 1.82) is 0 Å². The number of hydrogen-bond donors (Lipinski definition) is 4. The van der Waals surface area contributed by atoms with Crippen LogP contribution >= 0.6 is 0 Å². The molecule has 240 valence electrons. The summed E-state index contributed by atoms with van der Waals surface area (Å²) in [5, 5.41) is 28.7. The summed E-state index contributed by atoms with van der Waals surface area (Å²) in [7, 11) is 0. The van der Waals surface area contributed by atoms with Gasteiger partial charge < -0.3 is 21.1 Å². The monoisotopic (exact) mass is 642 g/mol. The molecule has 0 spiro atoms. The molecule has 5 aromatic rings. The highest BCUT2D eigenvalue weighted by atomic mass is 16.6. The van der Waals surface area contributed by atoms with Gasteiger partial charge in [0.1, 0.15) is 11.6 Å². The van der Waals surface area contributed by atoms with Crippen molar-refractivity contribution in [3.05, 3.63) is 177 Å². The number of anilines is 1. The fraction of sp³-hybridized carbons (Fsp3) is 0.0811. The maximum atomic E-state index is 14.1. The zero-order chi connectivity index (χ0) is 34.1. The standard InChI is InChI=1S/C37H30N4O7/c42-33(40-37(27-10-4-1-5-11-27,28-12-6-2-7-13-28)29-14-8-3-9-15-29)24-32(35(44)38-30-20-16-26(17-21-30)36(45)46)39-34(43)25-18-22-31(23-19-25)41(47)48/h1-23,32H,24H2,(H,38,44)(H,39,43)(H,40,42)(H,45,46). The van der Waals surface area contributed by atoms with Crippen LogP contribution in [0.1, 0.15) is 43.8 Å². The number of nitrogens with zero attached hydrogens (tertiary/aromatic N) is 1. The molecule has 0 fully saturated rings. The first-order valence-corrected chi connectivity index (χ1v) is 14.8. The number of benzene rings is 5. The first-order chi connectivity index (χ1) is 23.2. The molecule has 0 radical (unpaired) electrons. The lowest BCUT2D eigenvalue weighted by molar-refractivity contribution is -0.384.